The molecule has 1 aliphatic rings. The smallest absolute Gasteiger partial charge is 0.147 e. The Kier molecular flexibility index (Phi) is 5.82. The molecule has 0 aliphatic heterocycles. The zero-order chi connectivity index (χ0) is 32.8. The summed E-state index contributed by atoms with van der Waals surface area (Å²) in [6.07, 6.45) is 6.34. The van der Waals surface area contributed by atoms with Gasteiger partial charge in [0.05, 0.1) is 5.39 Å². The minimum atomic E-state index is 0.892. The standard InChI is InChI=1S/C48H30O2/c1-2-17-32-29(13-1)14-12-24-34(32)45-37-21-5-3-19-35(37)44(36-20-4-6-22-38(36)45)31-16-11-15-30(27-31)40-28-41-33-18-7-9-25-42(33)49-48(41)46-39-23-8-10-26-43(39)50-47(40)46/h1-9,11-25,27-28H,10,26H2. The lowest BCUT2D eigenvalue weighted by molar-refractivity contribution is 0.547. The molecule has 2 aromatic heterocycles. The molecule has 0 unspecified atom stereocenters. The van der Waals surface area contributed by atoms with Gasteiger partial charge in [0, 0.05) is 28.3 Å². The van der Waals surface area contributed by atoms with Crippen molar-refractivity contribution in [3.8, 4) is 33.4 Å². The number of allylic oxidation sites excluding steroid dienone is 1. The van der Waals surface area contributed by atoms with Crippen LogP contribution in [0.4, 0.5) is 0 Å². The molecule has 2 nitrogen and oxygen atoms in total. The monoisotopic (exact) mass is 638 g/mol. The van der Waals surface area contributed by atoms with Crippen LogP contribution in [-0.4, -0.2) is 0 Å². The lowest BCUT2D eigenvalue weighted by atomic mass is 9.84. The third kappa shape index (κ3) is 3.90. The molecular formula is C48H30O2. The van der Waals surface area contributed by atoms with Crippen molar-refractivity contribution in [1.82, 2.24) is 0 Å². The Morgan fingerprint density at radius 3 is 1.88 bits per heavy atom. The third-order valence-corrected chi connectivity index (χ3v) is 10.7. The zero-order valence-electron chi connectivity index (χ0n) is 27.2. The maximum Gasteiger partial charge on any atom is 0.147 e. The van der Waals surface area contributed by atoms with Gasteiger partial charge in [-0.15, -0.1) is 0 Å². The minimum Gasteiger partial charge on any atom is -0.460 e. The number of hydrogen-bond donors (Lipinski definition) is 0. The largest absolute Gasteiger partial charge is 0.460 e. The summed E-state index contributed by atoms with van der Waals surface area (Å²) in [5, 5.41) is 10.8. The fourth-order valence-electron chi connectivity index (χ4n) is 8.52. The first kappa shape index (κ1) is 27.6. The van der Waals surface area contributed by atoms with Crippen molar-refractivity contribution >= 4 is 71.3 Å². The first-order valence-corrected chi connectivity index (χ1v) is 17.4. The van der Waals surface area contributed by atoms with Crippen molar-refractivity contribution < 1.29 is 8.83 Å². The van der Waals surface area contributed by atoms with Crippen LogP contribution in [0.25, 0.3) is 105 Å². The van der Waals surface area contributed by atoms with Gasteiger partial charge in [0.2, 0.25) is 0 Å². The Hall–Kier alpha value is -6.38. The van der Waals surface area contributed by atoms with E-state index in [1.54, 1.807) is 0 Å². The molecule has 0 amide bonds. The zero-order valence-corrected chi connectivity index (χ0v) is 27.2. The summed E-state index contributed by atoms with van der Waals surface area (Å²) < 4.78 is 13.3. The number of rotatable bonds is 3. The van der Waals surface area contributed by atoms with Crippen LogP contribution < -0.4 is 0 Å². The van der Waals surface area contributed by atoms with Crippen LogP contribution in [0.1, 0.15) is 17.7 Å². The normalized spacial score (nSPS) is 13.0. The highest BCUT2D eigenvalue weighted by atomic mass is 16.3. The molecular weight excluding hydrogens is 609 g/mol. The van der Waals surface area contributed by atoms with E-state index in [2.05, 4.69) is 152 Å². The quantitative estimate of drug-likeness (QED) is 0.180. The molecule has 0 saturated carbocycles. The van der Waals surface area contributed by atoms with E-state index in [4.69, 9.17) is 8.83 Å². The van der Waals surface area contributed by atoms with Gasteiger partial charge in [-0.3, -0.25) is 0 Å². The van der Waals surface area contributed by atoms with Gasteiger partial charge in [0.25, 0.3) is 0 Å². The van der Waals surface area contributed by atoms with Crippen LogP contribution in [0.2, 0.25) is 0 Å². The predicted molar refractivity (Wildman–Crippen MR) is 210 cm³/mol. The van der Waals surface area contributed by atoms with Crippen molar-refractivity contribution in [2.45, 2.75) is 12.8 Å². The predicted octanol–water partition coefficient (Wildman–Crippen LogP) is 13.8. The summed E-state index contributed by atoms with van der Waals surface area (Å²) in [6.45, 7) is 0. The molecule has 2 heteroatoms. The maximum atomic E-state index is 6.75. The van der Waals surface area contributed by atoms with Gasteiger partial charge in [-0.05, 0) is 84.8 Å². The van der Waals surface area contributed by atoms with Crippen molar-refractivity contribution in [3.63, 3.8) is 0 Å². The molecule has 50 heavy (non-hydrogen) atoms. The van der Waals surface area contributed by atoms with Gasteiger partial charge in [-0.2, -0.15) is 0 Å². The van der Waals surface area contributed by atoms with Crippen LogP contribution in [0, 0.1) is 0 Å². The summed E-state index contributed by atoms with van der Waals surface area (Å²) in [6, 6.07) is 52.8. The topological polar surface area (TPSA) is 26.3 Å². The van der Waals surface area contributed by atoms with Gasteiger partial charge in [0.15, 0.2) is 0 Å². The van der Waals surface area contributed by atoms with Crippen molar-refractivity contribution in [3.05, 3.63) is 163 Å². The number of furan rings is 2. The molecule has 1 aliphatic carbocycles. The summed E-state index contributed by atoms with van der Waals surface area (Å²) in [7, 11) is 0. The number of benzene rings is 8. The number of aryl methyl sites for hydroxylation is 1. The van der Waals surface area contributed by atoms with E-state index in [-0.39, 0.29) is 0 Å². The Morgan fingerprint density at radius 2 is 1.08 bits per heavy atom. The number of para-hydroxylation sites is 1. The van der Waals surface area contributed by atoms with E-state index in [1.165, 1.54) is 54.6 Å². The molecule has 2 heterocycles. The van der Waals surface area contributed by atoms with E-state index in [9.17, 15) is 0 Å². The Morgan fingerprint density at radius 1 is 0.440 bits per heavy atom. The average Bonchev–Trinajstić information content (AvgIpc) is 3.75. The lowest BCUT2D eigenvalue weighted by Gasteiger charge is -2.19. The molecule has 0 radical (unpaired) electrons. The summed E-state index contributed by atoms with van der Waals surface area (Å²) >= 11 is 0. The van der Waals surface area contributed by atoms with E-state index in [0.29, 0.717) is 0 Å². The van der Waals surface area contributed by atoms with Gasteiger partial charge in [-0.1, -0.05) is 140 Å². The van der Waals surface area contributed by atoms with E-state index in [1.807, 2.05) is 6.07 Å². The van der Waals surface area contributed by atoms with Crippen molar-refractivity contribution in [2.24, 2.45) is 0 Å². The first-order chi connectivity index (χ1) is 24.8. The lowest BCUT2D eigenvalue weighted by Crippen LogP contribution is -1.92. The molecule has 11 rings (SSSR count). The van der Waals surface area contributed by atoms with Crippen LogP contribution >= 0.6 is 0 Å². The van der Waals surface area contributed by atoms with Crippen LogP contribution in [0.15, 0.2) is 161 Å². The second-order valence-corrected chi connectivity index (χ2v) is 13.4. The highest BCUT2D eigenvalue weighted by Gasteiger charge is 2.24. The van der Waals surface area contributed by atoms with Gasteiger partial charge < -0.3 is 8.83 Å². The second kappa shape index (κ2) is 10.6. The van der Waals surface area contributed by atoms with Crippen molar-refractivity contribution in [2.75, 3.05) is 0 Å². The van der Waals surface area contributed by atoms with Gasteiger partial charge >= 0.3 is 0 Å². The number of fused-ring (bicyclic) bond motifs is 10. The van der Waals surface area contributed by atoms with Crippen LogP contribution in [-0.2, 0) is 6.42 Å². The molecule has 0 N–H and O–H groups in total. The molecule has 0 atom stereocenters. The molecule has 0 spiro atoms. The SMILES string of the molecule is C1=Cc2c(oc3c(-c4cccc(-c5c6ccccc6c(-c6cccc7ccccc67)c6ccccc56)c4)cc4c5ccccc5oc4c23)CC1. The third-order valence-electron chi connectivity index (χ3n) is 10.7. The molecule has 10 aromatic rings. The molecule has 0 bridgehead atoms. The number of hydrogen-bond acceptors (Lipinski definition) is 2. The molecule has 0 saturated heterocycles. The molecule has 0 fully saturated rings. The maximum absolute atomic E-state index is 6.75. The fourth-order valence-corrected chi connectivity index (χ4v) is 8.52. The van der Waals surface area contributed by atoms with Crippen LogP contribution in [0.3, 0.4) is 0 Å². The Bertz CT molecular complexity index is 2980. The van der Waals surface area contributed by atoms with Gasteiger partial charge in [-0.25, -0.2) is 0 Å². The summed E-state index contributed by atoms with van der Waals surface area (Å²) in [5.41, 5.74) is 11.0. The summed E-state index contributed by atoms with van der Waals surface area (Å²) in [5.74, 6) is 1.04. The van der Waals surface area contributed by atoms with Gasteiger partial charge in [0.1, 0.15) is 22.5 Å². The van der Waals surface area contributed by atoms with Crippen LogP contribution in [0.5, 0.6) is 0 Å². The van der Waals surface area contributed by atoms with E-state index < -0.39 is 0 Å². The molecule has 234 valence electrons. The molecule has 8 aromatic carbocycles. The minimum absolute atomic E-state index is 0.892. The Labute approximate surface area is 288 Å². The Balaban J connectivity index is 1.20. The van der Waals surface area contributed by atoms with Crippen molar-refractivity contribution in [1.29, 1.82) is 0 Å². The summed E-state index contributed by atoms with van der Waals surface area (Å²) in [4.78, 5) is 0. The average molecular weight is 639 g/mol. The van der Waals surface area contributed by atoms with E-state index >= 15 is 0 Å². The fraction of sp³-hybridized carbons (Fsp3) is 0.0417. The highest BCUT2D eigenvalue weighted by Crippen LogP contribution is 2.48. The second-order valence-electron chi connectivity index (χ2n) is 13.4. The first-order valence-electron chi connectivity index (χ1n) is 17.4. The highest BCUT2D eigenvalue weighted by molar-refractivity contribution is 6.24. The van der Waals surface area contributed by atoms with E-state index in [0.717, 1.165) is 68.2 Å².